The predicted molar refractivity (Wildman–Crippen MR) is 71.7 cm³/mol. The van der Waals surface area contributed by atoms with Crippen molar-refractivity contribution in [2.24, 2.45) is 0 Å². The maximum atomic E-state index is 5.40. The second-order valence-electron chi connectivity index (χ2n) is 4.23. The third kappa shape index (κ3) is 2.85. The Bertz CT molecular complexity index is 348. The maximum absolute atomic E-state index is 5.40. The molecule has 1 aromatic carbocycles. The first kappa shape index (κ1) is 11.6. The van der Waals surface area contributed by atoms with Crippen molar-refractivity contribution in [1.29, 1.82) is 0 Å². The standard InChI is InChI=1S/C13H19NOS/c1-10-3-4-12(13(9-10)15-2)14-11-5-7-16-8-6-11/h3-4,9,11,14H,5-8H2,1-2H3. The van der Waals surface area contributed by atoms with Crippen molar-refractivity contribution in [3.05, 3.63) is 23.8 Å². The van der Waals surface area contributed by atoms with Crippen LogP contribution < -0.4 is 10.1 Å². The average molecular weight is 237 g/mol. The van der Waals surface area contributed by atoms with Crippen molar-refractivity contribution in [3.8, 4) is 5.75 Å². The van der Waals surface area contributed by atoms with E-state index in [1.807, 2.05) is 0 Å². The highest BCUT2D eigenvalue weighted by Gasteiger charge is 2.14. The first-order chi connectivity index (χ1) is 7.79. The lowest BCUT2D eigenvalue weighted by Crippen LogP contribution is -2.24. The summed E-state index contributed by atoms with van der Waals surface area (Å²) in [6, 6.07) is 6.94. The summed E-state index contributed by atoms with van der Waals surface area (Å²) >= 11 is 2.05. The van der Waals surface area contributed by atoms with Crippen LogP contribution in [-0.4, -0.2) is 24.7 Å². The Morgan fingerprint density at radius 1 is 1.31 bits per heavy atom. The average Bonchev–Trinajstić information content (AvgIpc) is 2.33. The van der Waals surface area contributed by atoms with Gasteiger partial charge in [-0.15, -0.1) is 0 Å². The van der Waals surface area contributed by atoms with Crippen LogP contribution in [-0.2, 0) is 0 Å². The number of rotatable bonds is 3. The zero-order valence-electron chi connectivity index (χ0n) is 9.95. The molecule has 0 atom stereocenters. The van der Waals surface area contributed by atoms with E-state index < -0.39 is 0 Å². The van der Waals surface area contributed by atoms with Gasteiger partial charge in [0, 0.05) is 6.04 Å². The first-order valence-electron chi connectivity index (χ1n) is 5.78. The van der Waals surface area contributed by atoms with Gasteiger partial charge >= 0.3 is 0 Å². The van der Waals surface area contributed by atoms with Crippen LogP contribution in [0.5, 0.6) is 5.75 Å². The Morgan fingerprint density at radius 2 is 2.06 bits per heavy atom. The molecule has 16 heavy (non-hydrogen) atoms. The lowest BCUT2D eigenvalue weighted by Gasteiger charge is -2.24. The number of thioether (sulfide) groups is 1. The molecular weight excluding hydrogens is 218 g/mol. The molecule has 0 aromatic heterocycles. The Morgan fingerprint density at radius 3 is 2.75 bits per heavy atom. The summed E-state index contributed by atoms with van der Waals surface area (Å²) in [7, 11) is 1.73. The zero-order valence-corrected chi connectivity index (χ0v) is 10.8. The van der Waals surface area contributed by atoms with Crippen LogP contribution in [0.1, 0.15) is 18.4 Å². The van der Waals surface area contributed by atoms with Crippen LogP contribution in [0.15, 0.2) is 18.2 Å². The SMILES string of the molecule is COc1cc(C)ccc1NC1CCSCC1. The first-order valence-corrected chi connectivity index (χ1v) is 6.94. The van der Waals surface area contributed by atoms with Gasteiger partial charge in [-0.1, -0.05) is 6.07 Å². The number of aryl methyl sites for hydroxylation is 1. The summed E-state index contributed by atoms with van der Waals surface area (Å²) in [6.45, 7) is 2.09. The van der Waals surface area contributed by atoms with Gasteiger partial charge in [0.25, 0.3) is 0 Å². The maximum Gasteiger partial charge on any atom is 0.142 e. The summed E-state index contributed by atoms with van der Waals surface area (Å²) in [5.74, 6) is 3.50. The van der Waals surface area contributed by atoms with Crippen molar-refractivity contribution in [2.75, 3.05) is 23.9 Å². The molecule has 0 bridgehead atoms. The number of hydrogen-bond acceptors (Lipinski definition) is 3. The molecule has 1 saturated heterocycles. The van der Waals surface area contributed by atoms with Crippen molar-refractivity contribution in [1.82, 2.24) is 0 Å². The third-order valence-electron chi connectivity index (χ3n) is 2.94. The Labute approximate surface area is 102 Å². The van der Waals surface area contributed by atoms with Crippen LogP contribution in [0.4, 0.5) is 5.69 Å². The molecule has 1 aliphatic heterocycles. The predicted octanol–water partition coefficient (Wildman–Crippen LogP) is 3.31. The fraction of sp³-hybridized carbons (Fsp3) is 0.538. The quantitative estimate of drug-likeness (QED) is 0.871. The summed E-state index contributed by atoms with van der Waals surface area (Å²) in [6.07, 6.45) is 2.50. The highest BCUT2D eigenvalue weighted by Crippen LogP contribution is 2.28. The fourth-order valence-electron chi connectivity index (χ4n) is 1.98. The van der Waals surface area contributed by atoms with Crippen molar-refractivity contribution in [3.63, 3.8) is 0 Å². The van der Waals surface area contributed by atoms with E-state index in [9.17, 15) is 0 Å². The van der Waals surface area contributed by atoms with Gasteiger partial charge in [-0.25, -0.2) is 0 Å². The molecule has 0 spiro atoms. The van der Waals surface area contributed by atoms with Gasteiger partial charge in [-0.3, -0.25) is 0 Å². The minimum Gasteiger partial charge on any atom is -0.495 e. The molecule has 0 saturated carbocycles. The van der Waals surface area contributed by atoms with E-state index in [1.54, 1.807) is 7.11 Å². The van der Waals surface area contributed by atoms with E-state index in [0.717, 1.165) is 11.4 Å². The monoisotopic (exact) mass is 237 g/mol. The van der Waals surface area contributed by atoms with Gasteiger partial charge in [0.1, 0.15) is 5.75 Å². The molecule has 0 aliphatic carbocycles. The minimum atomic E-state index is 0.609. The summed E-state index contributed by atoms with van der Waals surface area (Å²) in [5.41, 5.74) is 2.37. The van der Waals surface area contributed by atoms with Crippen LogP contribution in [0.25, 0.3) is 0 Å². The number of anilines is 1. The zero-order chi connectivity index (χ0) is 11.4. The second-order valence-corrected chi connectivity index (χ2v) is 5.46. The normalized spacial score (nSPS) is 17.1. The molecule has 3 heteroatoms. The molecule has 0 radical (unpaired) electrons. The minimum absolute atomic E-state index is 0.609. The number of ether oxygens (including phenoxy) is 1. The van der Waals surface area contributed by atoms with Gasteiger partial charge < -0.3 is 10.1 Å². The van der Waals surface area contributed by atoms with Crippen molar-refractivity contribution >= 4 is 17.4 Å². The Kier molecular flexibility index (Phi) is 3.99. The van der Waals surface area contributed by atoms with E-state index in [4.69, 9.17) is 4.74 Å². The molecule has 1 fully saturated rings. The lowest BCUT2D eigenvalue weighted by molar-refractivity contribution is 0.415. The number of methoxy groups -OCH3 is 1. The van der Waals surface area contributed by atoms with Crippen LogP contribution in [0.3, 0.4) is 0 Å². The molecule has 2 rings (SSSR count). The Balaban J connectivity index is 2.07. The number of hydrogen-bond donors (Lipinski definition) is 1. The smallest absolute Gasteiger partial charge is 0.142 e. The molecule has 1 aromatic rings. The van der Waals surface area contributed by atoms with Crippen LogP contribution in [0, 0.1) is 6.92 Å². The van der Waals surface area contributed by atoms with Crippen LogP contribution in [0.2, 0.25) is 0 Å². The van der Waals surface area contributed by atoms with Crippen molar-refractivity contribution in [2.45, 2.75) is 25.8 Å². The van der Waals surface area contributed by atoms with Gasteiger partial charge in [0.15, 0.2) is 0 Å². The lowest BCUT2D eigenvalue weighted by atomic mass is 10.1. The summed E-state index contributed by atoms with van der Waals surface area (Å²) < 4.78 is 5.40. The van der Waals surface area contributed by atoms with Crippen LogP contribution >= 0.6 is 11.8 Å². The fourth-order valence-corrected chi connectivity index (χ4v) is 3.09. The summed E-state index contributed by atoms with van der Waals surface area (Å²) in [5, 5.41) is 3.59. The molecule has 1 heterocycles. The van der Waals surface area contributed by atoms with E-state index in [0.29, 0.717) is 6.04 Å². The highest BCUT2D eigenvalue weighted by molar-refractivity contribution is 7.99. The largest absolute Gasteiger partial charge is 0.495 e. The Hall–Kier alpha value is -0.830. The molecule has 0 unspecified atom stereocenters. The molecule has 0 amide bonds. The van der Waals surface area contributed by atoms with Gasteiger partial charge in [0.05, 0.1) is 12.8 Å². The van der Waals surface area contributed by atoms with Gasteiger partial charge in [-0.05, 0) is 49.0 Å². The van der Waals surface area contributed by atoms with E-state index in [-0.39, 0.29) is 0 Å². The molecular formula is C13H19NOS. The van der Waals surface area contributed by atoms with E-state index in [1.165, 1.54) is 29.9 Å². The molecule has 1 aliphatic rings. The number of nitrogens with one attached hydrogen (secondary N) is 1. The third-order valence-corrected chi connectivity index (χ3v) is 3.99. The van der Waals surface area contributed by atoms with E-state index in [2.05, 4.69) is 42.2 Å². The topological polar surface area (TPSA) is 21.3 Å². The second kappa shape index (κ2) is 5.48. The highest BCUT2D eigenvalue weighted by atomic mass is 32.2. The summed E-state index contributed by atoms with van der Waals surface area (Å²) in [4.78, 5) is 0. The number of benzene rings is 1. The van der Waals surface area contributed by atoms with Gasteiger partial charge in [-0.2, -0.15) is 11.8 Å². The van der Waals surface area contributed by atoms with Gasteiger partial charge in [0.2, 0.25) is 0 Å². The molecule has 1 N–H and O–H groups in total. The van der Waals surface area contributed by atoms with E-state index >= 15 is 0 Å². The molecule has 88 valence electrons. The van der Waals surface area contributed by atoms with Crippen molar-refractivity contribution < 1.29 is 4.74 Å². The molecule has 2 nitrogen and oxygen atoms in total.